The van der Waals surface area contributed by atoms with Gasteiger partial charge in [-0.15, -0.1) is 0 Å². The molecule has 20 heavy (non-hydrogen) atoms. The van der Waals surface area contributed by atoms with Crippen LogP contribution in [0.25, 0.3) is 0 Å². The average Bonchev–Trinajstić information content (AvgIpc) is 2.49. The molecule has 0 aliphatic carbocycles. The first-order valence-corrected chi connectivity index (χ1v) is 5.58. The lowest BCUT2D eigenvalue weighted by Gasteiger charge is -2.05. The van der Waals surface area contributed by atoms with Gasteiger partial charge in [-0.1, -0.05) is 48.5 Å². The summed E-state index contributed by atoms with van der Waals surface area (Å²) < 4.78 is 5.59. The van der Waals surface area contributed by atoms with E-state index in [1.54, 1.807) is 0 Å². The number of rotatable bonds is 3. The van der Waals surface area contributed by atoms with Crippen LogP contribution in [0.1, 0.15) is 5.56 Å². The molecule has 0 bridgehead atoms. The number of nitrogens with one attached hydrogen (secondary N) is 2. The summed E-state index contributed by atoms with van der Waals surface area (Å²) in [6.45, 7) is 0.630. The third-order valence-electron chi connectivity index (χ3n) is 1.99. The molecule has 0 atom stereocenters. The molecule has 2 aromatic carbocycles. The summed E-state index contributed by atoms with van der Waals surface area (Å²) in [5.41, 5.74) is 1.19. The van der Waals surface area contributed by atoms with Gasteiger partial charge in [-0.25, -0.2) is 20.4 Å². The Morgan fingerprint density at radius 2 is 1.20 bits per heavy atom. The van der Waals surface area contributed by atoms with Crippen LogP contribution in [-0.2, 0) is 16.2 Å². The van der Waals surface area contributed by atoms with Crippen LogP contribution in [0.15, 0.2) is 60.7 Å². The summed E-state index contributed by atoms with van der Waals surface area (Å²) >= 11 is 0. The van der Waals surface area contributed by atoms with E-state index in [1.807, 2.05) is 48.5 Å². The van der Waals surface area contributed by atoms with Gasteiger partial charge in [0.25, 0.3) is 0 Å². The van der Waals surface area contributed by atoms with Crippen molar-refractivity contribution in [1.29, 1.82) is 10.8 Å². The van der Waals surface area contributed by atoms with Gasteiger partial charge in [-0.3, -0.25) is 0 Å². The summed E-state index contributed by atoms with van der Waals surface area (Å²) in [5.74, 6) is 0.913. The highest BCUT2D eigenvalue weighted by molar-refractivity contribution is 5.26. The summed E-state index contributed by atoms with van der Waals surface area (Å²) in [6, 6.07) is 20.0. The van der Waals surface area contributed by atoms with Gasteiger partial charge in [-0.2, -0.15) is 0 Å². The smallest absolute Gasteiger partial charge is 0.231 e. The molecule has 2 rings (SSSR count). The zero-order valence-corrected chi connectivity index (χ0v) is 10.7. The summed E-state index contributed by atoms with van der Waals surface area (Å²) in [5, 5.41) is 10.8. The predicted octanol–water partition coefficient (Wildman–Crippen LogP) is 3.07. The Hall–Kier alpha value is -3.00. The molecule has 0 spiro atoms. The van der Waals surface area contributed by atoms with Crippen LogP contribution in [0, 0.1) is 10.8 Å². The second-order valence-electron chi connectivity index (χ2n) is 3.29. The first-order valence-electron chi connectivity index (χ1n) is 5.58. The Labute approximate surface area is 116 Å². The maximum absolute atomic E-state index is 8.35. The van der Waals surface area contributed by atoms with E-state index in [4.69, 9.17) is 25.1 Å². The van der Waals surface area contributed by atoms with Crippen LogP contribution < -0.4 is 4.74 Å². The van der Waals surface area contributed by atoms with Crippen LogP contribution in [0.3, 0.4) is 0 Å². The molecule has 0 amide bonds. The molecule has 0 fully saturated rings. The van der Waals surface area contributed by atoms with Crippen molar-refractivity contribution in [3.63, 3.8) is 0 Å². The molecule has 0 aromatic heterocycles. The lowest BCUT2D eigenvalue weighted by atomic mass is 10.2. The largest absolute Gasteiger partial charge is 0.489 e. The zero-order valence-electron chi connectivity index (χ0n) is 10.7. The highest BCUT2D eigenvalue weighted by atomic mass is 16.5. The van der Waals surface area contributed by atoms with Crippen molar-refractivity contribution < 1.29 is 14.3 Å². The van der Waals surface area contributed by atoms with Crippen molar-refractivity contribution in [3.05, 3.63) is 66.2 Å². The number of isocyanates is 2. The SMILES string of the molecule is N=C=O.N=C=O.c1ccc(COc2ccccc2)cc1. The molecule has 0 radical (unpaired) electrons. The molecule has 0 aliphatic rings. The second-order valence-corrected chi connectivity index (χ2v) is 3.29. The number of benzene rings is 2. The third-order valence-corrected chi connectivity index (χ3v) is 1.99. The normalized spacial score (nSPS) is 7.60. The van der Waals surface area contributed by atoms with Crippen LogP contribution >= 0.6 is 0 Å². The number of para-hydroxylation sites is 1. The lowest BCUT2D eigenvalue weighted by molar-refractivity contribution is 0.306. The van der Waals surface area contributed by atoms with Crippen LogP contribution in [0.4, 0.5) is 0 Å². The summed E-state index contributed by atoms with van der Waals surface area (Å²) in [4.78, 5) is 16.7. The van der Waals surface area contributed by atoms with Crippen LogP contribution in [-0.4, -0.2) is 12.2 Å². The summed E-state index contributed by atoms with van der Waals surface area (Å²) in [7, 11) is 0. The summed E-state index contributed by atoms with van der Waals surface area (Å²) in [6.07, 6.45) is 1.50. The molecule has 102 valence electrons. The maximum Gasteiger partial charge on any atom is 0.231 e. The van der Waals surface area contributed by atoms with Gasteiger partial charge in [0, 0.05) is 0 Å². The Kier molecular flexibility index (Phi) is 10.6. The molecule has 0 aliphatic heterocycles. The quantitative estimate of drug-likeness (QED) is 0.663. The van der Waals surface area contributed by atoms with E-state index in [9.17, 15) is 0 Å². The molecule has 5 heteroatoms. The van der Waals surface area contributed by atoms with Crippen molar-refractivity contribution in [2.75, 3.05) is 0 Å². The highest BCUT2D eigenvalue weighted by Gasteiger charge is 1.92. The minimum Gasteiger partial charge on any atom is -0.489 e. The Morgan fingerprint density at radius 1 is 0.800 bits per heavy atom. The monoisotopic (exact) mass is 270 g/mol. The molecule has 2 N–H and O–H groups in total. The van der Waals surface area contributed by atoms with Gasteiger partial charge >= 0.3 is 0 Å². The van der Waals surface area contributed by atoms with Crippen molar-refractivity contribution in [2.24, 2.45) is 0 Å². The van der Waals surface area contributed by atoms with E-state index >= 15 is 0 Å². The minimum absolute atomic E-state index is 0.630. The van der Waals surface area contributed by atoms with E-state index in [1.165, 1.54) is 5.56 Å². The van der Waals surface area contributed by atoms with E-state index in [2.05, 4.69) is 12.1 Å². The fourth-order valence-corrected chi connectivity index (χ4v) is 1.26. The first-order chi connectivity index (χ1) is 9.78. The molecule has 2 aromatic rings. The van der Waals surface area contributed by atoms with Crippen molar-refractivity contribution in [2.45, 2.75) is 6.61 Å². The number of ether oxygens (including phenoxy) is 1. The van der Waals surface area contributed by atoms with E-state index in [0.717, 1.165) is 17.9 Å². The molecular formula is C15H14N2O3. The molecule has 0 saturated carbocycles. The molecule has 0 saturated heterocycles. The van der Waals surface area contributed by atoms with Crippen LogP contribution in [0.5, 0.6) is 5.75 Å². The second kappa shape index (κ2) is 12.5. The predicted molar refractivity (Wildman–Crippen MR) is 74.0 cm³/mol. The average molecular weight is 270 g/mol. The highest BCUT2D eigenvalue weighted by Crippen LogP contribution is 2.10. The van der Waals surface area contributed by atoms with Gasteiger partial charge in [-0.05, 0) is 17.7 Å². The van der Waals surface area contributed by atoms with Gasteiger partial charge in [0.05, 0.1) is 0 Å². The van der Waals surface area contributed by atoms with Crippen molar-refractivity contribution in [3.8, 4) is 5.75 Å². The van der Waals surface area contributed by atoms with Gasteiger partial charge in [0.2, 0.25) is 12.2 Å². The minimum atomic E-state index is 0.630. The zero-order chi connectivity index (χ0) is 15.1. The number of carbonyl (C=O) groups excluding carboxylic acids is 2. The lowest BCUT2D eigenvalue weighted by Crippen LogP contribution is -1.94. The maximum atomic E-state index is 8.35. The fourth-order valence-electron chi connectivity index (χ4n) is 1.26. The van der Waals surface area contributed by atoms with Gasteiger partial charge in [0.15, 0.2) is 0 Å². The Morgan fingerprint density at radius 3 is 1.65 bits per heavy atom. The standard InChI is InChI=1S/C13H12O.2CHNO/c1-3-7-12(8-4-1)11-14-13-9-5-2-6-10-13;2*2-1-3/h1-10H,11H2;2*2H. The van der Waals surface area contributed by atoms with Crippen molar-refractivity contribution >= 4 is 12.2 Å². The van der Waals surface area contributed by atoms with E-state index < -0.39 is 0 Å². The molecule has 5 nitrogen and oxygen atoms in total. The van der Waals surface area contributed by atoms with Gasteiger partial charge < -0.3 is 4.74 Å². The molecule has 0 unspecified atom stereocenters. The molecular weight excluding hydrogens is 256 g/mol. The topological polar surface area (TPSA) is 91.1 Å². The first kappa shape index (κ1) is 17.0. The van der Waals surface area contributed by atoms with Gasteiger partial charge in [0.1, 0.15) is 12.4 Å². The third kappa shape index (κ3) is 9.07. The van der Waals surface area contributed by atoms with Crippen molar-refractivity contribution in [1.82, 2.24) is 0 Å². The molecule has 0 heterocycles. The fraction of sp³-hybridized carbons (Fsp3) is 0.0667. The Balaban J connectivity index is 0.000000520. The van der Waals surface area contributed by atoms with Crippen LogP contribution in [0.2, 0.25) is 0 Å². The Bertz CT molecular complexity index is 478. The number of hydrogen-bond acceptors (Lipinski definition) is 5. The number of hydrogen-bond donors (Lipinski definition) is 2. The van der Waals surface area contributed by atoms with E-state index in [-0.39, 0.29) is 0 Å². The van der Waals surface area contributed by atoms with E-state index in [0.29, 0.717) is 6.61 Å².